The van der Waals surface area contributed by atoms with Crippen LogP contribution in [0, 0.1) is 16.9 Å². The molecular formula is C38H43N7O8. The first-order valence-corrected chi connectivity index (χ1v) is 16.8. The second-order valence-corrected chi connectivity index (χ2v) is 13.8. The molecule has 3 aromatic rings. The van der Waals surface area contributed by atoms with Crippen LogP contribution in [-0.2, 0) is 43.4 Å². The van der Waals surface area contributed by atoms with Crippen molar-refractivity contribution < 1.29 is 38.9 Å². The highest BCUT2D eigenvalue weighted by Gasteiger charge is 2.39. The van der Waals surface area contributed by atoms with Crippen LogP contribution in [0.1, 0.15) is 62.4 Å². The third-order valence-electron chi connectivity index (χ3n) is 8.43. The Kier molecular flexibility index (Phi) is 12.8. The molecule has 3 unspecified atom stereocenters. The van der Waals surface area contributed by atoms with Crippen molar-refractivity contribution in [3.05, 3.63) is 89.0 Å². The number of carboxylic acids is 2. The molecule has 0 radical (unpaired) electrons. The van der Waals surface area contributed by atoms with Gasteiger partial charge in [0, 0.05) is 44.1 Å². The number of carboxylic acid groups (broad SMARTS) is 2. The van der Waals surface area contributed by atoms with Crippen molar-refractivity contribution in [1.29, 1.82) is 5.26 Å². The summed E-state index contributed by atoms with van der Waals surface area (Å²) in [6.45, 7) is 6.95. The molecule has 278 valence electrons. The summed E-state index contributed by atoms with van der Waals surface area (Å²) in [5.41, 5.74) is 2.86. The number of anilines is 2. The molecule has 4 rings (SSSR count). The van der Waals surface area contributed by atoms with Gasteiger partial charge < -0.3 is 41.1 Å². The Morgan fingerprint density at radius 1 is 0.906 bits per heavy atom. The number of fused-ring (bicyclic) bond motifs is 1. The van der Waals surface area contributed by atoms with Gasteiger partial charge >= 0.3 is 11.9 Å². The maximum absolute atomic E-state index is 13.8. The number of carbonyl (C=O) groups excluding carboxylic acids is 3. The molecule has 15 nitrogen and oxygen atoms in total. The summed E-state index contributed by atoms with van der Waals surface area (Å²) < 4.78 is 5.18. The van der Waals surface area contributed by atoms with Crippen molar-refractivity contribution in [2.24, 2.45) is 10.4 Å². The van der Waals surface area contributed by atoms with E-state index in [2.05, 4.69) is 26.3 Å². The number of rotatable bonds is 13. The molecule has 0 saturated heterocycles. The first kappa shape index (κ1) is 39.4. The lowest BCUT2D eigenvalue weighted by Gasteiger charge is -2.25. The van der Waals surface area contributed by atoms with E-state index in [-0.39, 0.29) is 37.2 Å². The van der Waals surface area contributed by atoms with Crippen molar-refractivity contribution in [1.82, 2.24) is 15.5 Å². The Labute approximate surface area is 307 Å². The summed E-state index contributed by atoms with van der Waals surface area (Å²) in [6.07, 6.45) is 1.56. The first-order valence-electron chi connectivity index (χ1n) is 16.8. The van der Waals surface area contributed by atoms with E-state index in [1.54, 1.807) is 80.0 Å². The number of hydrogen-bond donors (Lipinski definition) is 6. The van der Waals surface area contributed by atoms with Gasteiger partial charge in [0.15, 0.2) is 0 Å². The van der Waals surface area contributed by atoms with Gasteiger partial charge in [0.05, 0.1) is 7.11 Å². The van der Waals surface area contributed by atoms with Crippen molar-refractivity contribution >= 4 is 47.0 Å². The lowest BCUT2D eigenvalue weighted by molar-refractivity contribution is -0.144. The number of nitriles is 1. The van der Waals surface area contributed by atoms with Gasteiger partial charge in [0.25, 0.3) is 0 Å². The number of carbonyl (C=O) groups is 5. The fourth-order valence-electron chi connectivity index (χ4n) is 5.96. The van der Waals surface area contributed by atoms with E-state index in [1.807, 2.05) is 20.8 Å². The standard InChI is InChI=1S/C38H43N7O8/c1-22(46)45-20-25-16-27(42-37(40-21-39)41-26-10-13-28(53-5)14-11-26)12-15-29(25)33(45)34(48)44-31(36(51)52)18-24-9-7-6-8-23(24)17-30(35(49)50)43-32(47)19-38(2,3)4/h6-16,30-31,33H,17-20H2,1-5H3,(H,43,47)(H,44,48)(H,49,50)(H,51,52)(H2,40,41,42). The summed E-state index contributed by atoms with van der Waals surface area (Å²) >= 11 is 0. The molecule has 15 heteroatoms. The van der Waals surface area contributed by atoms with E-state index in [0.717, 1.165) is 0 Å². The Morgan fingerprint density at radius 3 is 2.00 bits per heavy atom. The molecule has 3 atom stereocenters. The van der Waals surface area contributed by atoms with Gasteiger partial charge in [-0.05, 0) is 64.1 Å². The van der Waals surface area contributed by atoms with Gasteiger partial charge in [-0.25, -0.2) is 9.59 Å². The predicted octanol–water partition coefficient (Wildman–Crippen LogP) is 3.82. The van der Waals surface area contributed by atoms with Crippen molar-refractivity contribution in [3.63, 3.8) is 0 Å². The smallest absolute Gasteiger partial charge is 0.326 e. The van der Waals surface area contributed by atoms with Gasteiger partial charge in [-0.2, -0.15) is 5.26 Å². The molecule has 1 aliphatic rings. The Morgan fingerprint density at radius 2 is 1.47 bits per heavy atom. The molecule has 1 heterocycles. The molecule has 6 N–H and O–H groups in total. The zero-order valence-corrected chi connectivity index (χ0v) is 30.1. The lowest BCUT2D eigenvalue weighted by Crippen LogP contribution is -2.47. The number of aliphatic imine (C=N–C) groups is 1. The maximum Gasteiger partial charge on any atom is 0.326 e. The minimum atomic E-state index is -1.44. The normalized spacial score (nSPS) is 14.9. The number of ether oxygens (including phenoxy) is 1. The summed E-state index contributed by atoms with van der Waals surface area (Å²) in [6, 6.07) is 14.8. The Bertz CT molecular complexity index is 1930. The highest BCUT2D eigenvalue weighted by molar-refractivity contribution is 6.04. The van der Waals surface area contributed by atoms with Gasteiger partial charge in [-0.15, -0.1) is 4.99 Å². The van der Waals surface area contributed by atoms with Crippen LogP contribution in [0.4, 0.5) is 11.4 Å². The van der Waals surface area contributed by atoms with E-state index >= 15 is 0 Å². The molecule has 0 aliphatic carbocycles. The summed E-state index contributed by atoms with van der Waals surface area (Å²) in [4.78, 5) is 68.9. The summed E-state index contributed by atoms with van der Waals surface area (Å²) in [5.74, 6) is -3.34. The third kappa shape index (κ3) is 10.8. The lowest BCUT2D eigenvalue weighted by atomic mass is 9.91. The largest absolute Gasteiger partial charge is 0.497 e. The maximum atomic E-state index is 13.8. The first-order chi connectivity index (χ1) is 25.1. The number of amides is 3. The van der Waals surface area contributed by atoms with Crippen LogP contribution >= 0.6 is 0 Å². The monoisotopic (exact) mass is 725 g/mol. The van der Waals surface area contributed by atoms with Gasteiger partial charge in [-0.3, -0.25) is 14.4 Å². The van der Waals surface area contributed by atoms with Crippen molar-refractivity contribution in [2.45, 2.75) is 71.6 Å². The number of benzene rings is 3. The third-order valence-corrected chi connectivity index (χ3v) is 8.43. The Hall–Kier alpha value is -6.43. The number of nitrogens with zero attached hydrogens (tertiary/aromatic N) is 3. The fraction of sp³-hybridized carbons (Fsp3) is 0.342. The Balaban J connectivity index is 1.52. The van der Waals surface area contributed by atoms with Gasteiger partial charge in [-0.1, -0.05) is 51.1 Å². The minimum Gasteiger partial charge on any atom is -0.497 e. The predicted molar refractivity (Wildman–Crippen MR) is 196 cm³/mol. The number of guanidine groups is 1. The molecule has 3 amide bonds. The number of aliphatic carboxylic acids is 2. The molecule has 1 aliphatic heterocycles. The van der Waals surface area contributed by atoms with Crippen LogP contribution in [0.15, 0.2) is 71.7 Å². The molecule has 0 bridgehead atoms. The molecule has 0 fully saturated rings. The van der Waals surface area contributed by atoms with Gasteiger partial charge in [0.2, 0.25) is 29.9 Å². The van der Waals surface area contributed by atoms with E-state index in [0.29, 0.717) is 39.4 Å². The quantitative estimate of drug-likeness (QED) is 0.0844. The number of methoxy groups -OCH3 is 1. The zero-order chi connectivity index (χ0) is 38.9. The molecule has 0 spiro atoms. The second kappa shape index (κ2) is 17.2. The second-order valence-electron chi connectivity index (χ2n) is 13.8. The SMILES string of the molecule is COc1ccc(NC(=NC#N)Nc2ccc3c(c2)CN(C(C)=O)C3C(=O)NC(Cc2ccccc2CC(NC(=O)CC(C)(C)C)C(=O)O)C(=O)O)cc1. The van der Waals surface area contributed by atoms with Crippen LogP contribution in [0.3, 0.4) is 0 Å². The average Bonchev–Trinajstić information content (AvgIpc) is 3.47. The molecular weight excluding hydrogens is 682 g/mol. The van der Waals surface area contributed by atoms with Crippen LogP contribution in [0.5, 0.6) is 5.75 Å². The molecule has 0 aromatic heterocycles. The summed E-state index contributed by atoms with van der Waals surface area (Å²) in [5, 5.41) is 40.5. The van der Waals surface area contributed by atoms with Crippen LogP contribution in [0.25, 0.3) is 0 Å². The van der Waals surface area contributed by atoms with Crippen molar-refractivity contribution in [3.8, 4) is 11.9 Å². The molecule has 3 aromatic carbocycles. The van der Waals surface area contributed by atoms with E-state index < -0.39 is 47.8 Å². The zero-order valence-electron chi connectivity index (χ0n) is 30.1. The number of hydrogen-bond acceptors (Lipinski definition) is 8. The van der Waals surface area contributed by atoms with E-state index in [9.17, 15) is 39.4 Å². The topological polar surface area (TPSA) is 223 Å². The van der Waals surface area contributed by atoms with E-state index in [1.165, 1.54) is 11.8 Å². The molecule has 53 heavy (non-hydrogen) atoms. The minimum absolute atomic E-state index is 0.0625. The van der Waals surface area contributed by atoms with E-state index in [4.69, 9.17) is 4.74 Å². The van der Waals surface area contributed by atoms with Crippen LogP contribution < -0.4 is 26.0 Å². The van der Waals surface area contributed by atoms with Crippen LogP contribution in [0.2, 0.25) is 0 Å². The highest BCUT2D eigenvalue weighted by atomic mass is 16.5. The highest BCUT2D eigenvalue weighted by Crippen LogP contribution is 2.36. The molecule has 0 saturated carbocycles. The fourth-order valence-corrected chi connectivity index (χ4v) is 5.96. The summed E-state index contributed by atoms with van der Waals surface area (Å²) in [7, 11) is 1.55. The van der Waals surface area contributed by atoms with Crippen LogP contribution in [-0.4, -0.2) is 69.9 Å². The average molecular weight is 726 g/mol. The van der Waals surface area contributed by atoms with Gasteiger partial charge in [0.1, 0.15) is 23.9 Å². The number of nitrogens with one attached hydrogen (secondary N) is 4. The van der Waals surface area contributed by atoms with Crippen molar-refractivity contribution in [2.75, 3.05) is 17.7 Å².